The van der Waals surface area contributed by atoms with Crippen molar-refractivity contribution in [3.63, 3.8) is 0 Å². The lowest BCUT2D eigenvalue weighted by molar-refractivity contribution is -0.0913. The van der Waals surface area contributed by atoms with E-state index in [1.807, 2.05) is 44.4 Å². The van der Waals surface area contributed by atoms with Crippen molar-refractivity contribution in [3.05, 3.63) is 70.3 Å². The molecule has 0 saturated heterocycles. The minimum Gasteiger partial charge on any atom is -0.487 e. The van der Waals surface area contributed by atoms with Gasteiger partial charge in [-0.3, -0.25) is 4.79 Å². The summed E-state index contributed by atoms with van der Waals surface area (Å²) < 4.78 is 48.2. The molecule has 0 spiro atoms. The predicted octanol–water partition coefficient (Wildman–Crippen LogP) is 8.75. The maximum absolute atomic E-state index is 13.6. The summed E-state index contributed by atoms with van der Waals surface area (Å²) in [6.45, 7) is 6.44. The molecule has 8 nitrogen and oxygen atoms in total. The highest BCUT2D eigenvalue weighted by molar-refractivity contribution is 7.90. The molecule has 10 heteroatoms. The van der Waals surface area contributed by atoms with Gasteiger partial charge in [0.1, 0.15) is 12.4 Å². The van der Waals surface area contributed by atoms with E-state index in [4.69, 9.17) is 25.8 Å². The van der Waals surface area contributed by atoms with Crippen molar-refractivity contribution in [1.82, 2.24) is 4.72 Å². The molecule has 4 aliphatic rings. The second-order valence-corrected chi connectivity index (χ2v) is 18.5. The number of allylic oxidation sites excluding steroid dienone is 1. The van der Waals surface area contributed by atoms with E-state index in [-0.39, 0.29) is 5.92 Å². The van der Waals surface area contributed by atoms with Crippen LogP contribution in [0.15, 0.2) is 48.6 Å². The Morgan fingerprint density at radius 2 is 1.77 bits per heavy atom. The molecule has 0 radical (unpaired) electrons. The number of carbonyl (C=O) groups excluding carboxylic acids is 1. The summed E-state index contributed by atoms with van der Waals surface area (Å²) in [4.78, 5) is 16.0. The zero-order valence-corrected chi connectivity index (χ0v) is 33.2. The van der Waals surface area contributed by atoms with Gasteiger partial charge in [0.15, 0.2) is 0 Å². The van der Waals surface area contributed by atoms with Crippen LogP contribution in [0.1, 0.15) is 106 Å². The number of carbonyl (C=O) groups is 1. The van der Waals surface area contributed by atoms with E-state index in [0.717, 1.165) is 86.8 Å². The number of methoxy groups -OCH3 is 2. The highest BCUT2D eigenvalue weighted by Gasteiger charge is 2.48. The van der Waals surface area contributed by atoms with E-state index in [9.17, 15) is 13.2 Å². The Bertz CT molecular complexity index is 1670. The number of rotatable bonds is 6. The van der Waals surface area contributed by atoms with E-state index in [2.05, 4.69) is 21.8 Å². The number of hydrogen-bond acceptors (Lipinski definition) is 7. The van der Waals surface area contributed by atoms with Crippen LogP contribution in [0.4, 0.5) is 5.69 Å². The fourth-order valence-electron chi connectivity index (χ4n) is 9.16. The van der Waals surface area contributed by atoms with Crippen LogP contribution >= 0.6 is 11.6 Å². The molecule has 2 aliphatic carbocycles. The van der Waals surface area contributed by atoms with Crippen LogP contribution in [0.2, 0.25) is 5.02 Å². The van der Waals surface area contributed by atoms with Crippen LogP contribution in [0.3, 0.4) is 0 Å². The Kier molecular flexibility index (Phi) is 13.0. The lowest BCUT2D eigenvalue weighted by Gasteiger charge is -2.51. The molecule has 2 bridgehead atoms. The Labute approximate surface area is 317 Å². The van der Waals surface area contributed by atoms with Crippen molar-refractivity contribution in [2.24, 2.45) is 29.6 Å². The average molecular weight is 755 g/mol. The number of hydrogen-bond donors (Lipinski definition) is 1. The number of halogens is 1. The van der Waals surface area contributed by atoms with Crippen LogP contribution in [0.5, 0.6) is 5.75 Å². The number of fused-ring (bicyclic) bond motifs is 3. The number of ether oxygens (including phenoxy) is 3. The molecule has 2 heterocycles. The van der Waals surface area contributed by atoms with Crippen molar-refractivity contribution in [1.29, 1.82) is 0 Å². The third kappa shape index (κ3) is 9.02. The van der Waals surface area contributed by atoms with Gasteiger partial charge in [0.05, 0.1) is 16.5 Å². The van der Waals surface area contributed by atoms with Gasteiger partial charge in [-0.1, -0.05) is 62.4 Å². The minimum atomic E-state index is -3.94. The maximum atomic E-state index is 13.6. The van der Waals surface area contributed by atoms with E-state index in [0.29, 0.717) is 42.1 Å². The molecular formula is C42H59ClN2O6S. The Hall–Kier alpha value is -2.59. The number of anilines is 1. The average Bonchev–Trinajstić information content (AvgIpc) is 3.15. The Morgan fingerprint density at radius 1 is 0.981 bits per heavy atom. The smallest absolute Gasteiger partial charge is 0.264 e. The van der Waals surface area contributed by atoms with Gasteiger partial charge < -0.3 is 19.1 Å². The molecule has 1 N–H and O–H groups in total. The van der Waals surface area contributed by atoms with Crippen LogP contribution < -0.4 is 14.4 Å². The summed E-state index contributed by atoms with van der Waals surface area (Å²) in [5.74, 6) is 1.88. The van der Waals surface area contributed by atoms with E-state index in [1.54, 1.807) is 20.1 Å². The van der Waals surface area contributed by atoms with Crippen LogP contribution in [-0.4, -0.2) is 59.1 Å². The Morgan fingerprint density at radius 3 is 2.50 bits per heavy atom. The molecule has 6 rings (SSSR count). The normalized spacial score (nSPS) is 31.8. The summed E-state index contributed by atoms with van der Waals surface area (Å²) in [5.41, 5.74) is 2.99. The molecule has 0 unspecified atom stereocenters. The molecule has 1 amide bonds. The van der Waals surface area contributed by atoms with Crippen molar-refractivity contribution >= 4 is 33.2 Å². The largest absolute Gasteiger partial charge is 0.487 e. The molecule has 286 valence electrons. The standard InChI is InChI=1S/C42H59ClN2O6S/c1-29-8-7-21-42(50-4,26-32-12-10-31(11-13-32)20-23-49-3)38-18-15-35(38)27-45-22-6-5-9-33-24-37(43)17-14-36(33)28-51-40-19-16-34(25-39(40)45)41(46)44-52(47,48)30(29)2/h7,14,16-17,19,21,24-25,29-32,35,38H,5-6,8-13,15,18,20,22-23,26-28H2,1-4H3,(H,44,46)/b21-7+/t29-,30+,31?,32?,35-,38+,42+/m0/s1. The number of sulfonamides is 1. The van der Waals surface area contributed by atoms with Crippen LogP contribution in [0.25, 0.3) is 0 Å². The molecule has 5 atom stereocenters. The van der Waals surface area contributed by atoms with Gasteiger partial charge in [-0.2, -0.15) is 0 Å². The van der Waals surface area contributed by atoms with Crippen LogP contribution in [0, 0.1) is 29.6 Å². The highest BCUT2D eigenvalue weighted by Crippen LogP contribution is 2.50. The number of amides is 1. The topological polar surface area (TPSA) is 94.2 Å². The summed E-state index contributed by atoms with van der Waals surface area (Å²) in [6.07, 6.45) is 17.0. The number of nitrogens with one attached hydrogen (secondary N) is 1. The fraction of sp³-hybridized carbons (Fsp3) is 0.643. The molecule has 2 aliphatic heterocycles. The SMILES string of the molecule is COCCC1CCC(C[C@]2(OC)/C=C/C[C@H](C)[C@@H](C)S(=O)(=O)NC(=O)c3ccc4c(c3)N(CCCCc3cc(Cl)ccc3CO4)C[C@@H]3CC[C@H]32)CC1. The van der Waals surface area contributed by atoms with E-state index in [1.165, 1.54) is 31.2 Å². The molecule has 2 fully saturated rings. The van der Waals surface area contributed by atoms with Crippen molar-refractivity contribution in [2.45, 2.75) is 108 Å². The third-order valence-corrected chi connectivity index (χ3v) is 15.0. The first-order valence-electron chi connectivity index (χ1n) is 19.6. The third-order valence-electron chi connectivity index (χ3n) is 12.9. The first kappa shape index (κ1) is 39.1. The number of aryl methyl sites for hydroxylation is 1. The first-order chi connectivity index (χ1) is 25.0. The second-order valence-electron chi connectivity index (χ2n) is 16.1. The zero-order chi connectivity index (χ0) is 36.9. The molecule has 0 aromatic heterocycles. The van der Waals surface area contributed by atoms with Crippen LogP contribution in [-0.2, 0) is 32.5 Å². The van der Waals surface area contributed by atoms with Gasteiger partial charge in [-0.15, -0.1) is 0 Å². The zero-order valence-electron chi connectivity index (χ0n) is 31.6. The summed E-state index contributed by atoms with van der Waals surface area (Å²) in [7, 11) is -0.278. The maximum Gasteiger partial charge on any atom is 0.264 e. The van der Waals surface area contributed by atoms with Crippen molar-refractivity contribution < 1.29 is 27.4 Å². The molecule has 52 heavy (non-hydrogen) atoms. The lowest BCUT2D eigenvalue weighted by atomic mass is 9.61. The highest BCUT2D eigenvalue weighted by atomic mass is 35.5. The predicted molar refractivity (Wildman–Crippen MR) is 209 cm³/mol. The van der Waals surface area contributed by atoms with Gasteiger partial charge >= 0.3 is 0 Å². The van der Waals surface area contributed by atoms with E-state index < -0.39 is 26.8 Å². The minimum absolute atomic E-state index is 0.202. The van der Waals surface area contributed by atoms with Gasteiger partial charge in [0.25, 0.3) is 5.91 Å². The molecule has 2 aromatic carbocycles. The van der Waals surface area contributed by atoms with Gasteiger partial charge in [-0.25, -0.2) is 13.1 Å². The van der Waals surface area contributed by atoms with E-state index >= 15 is 0 Å². The fourth-order valence-corrected chi connectivity index (χ4v) is 10.6. The van der Waals surface area contributed by atoms with Gasteiger partial charge in [-0.05, 0) is 129 Å². The summed E-state index contributed by atoms with van der Waals surface area (Å²) in [6, 6.07) is 11.3. The molecule has 2 saturated carbocycles. The summed E-state index contributed by atoms with van der Waals surface area (Å²) >= 11 is 6.41. The summed E-state index contributed by atoms with van der Waals surface area (Å²) in [5, 5.41) is -0.0432. The van der Waals surface area contributed by atoms with Gasteiger partial charge in [0, 0.05) is 44.5 Å². The number of nitrogens with zero attached hydrogens (tertiary/aromatic N) is 1. The molecule has 2 aromatic rings. The van der Waals surface area contributed by atoms with Crippen molar-refractivity contribution in [3.8, 4) is 5.75 Å². The first-order valence-corrected chi connectivity index (χ1v) is 21.5. The Balaban J connectivity index is 1.35. The number of benzene rings is 2. The molecular weight excluding hydrogens is 696 g/mol. The second kappa shape index (κ2) is 17.3. The quantitative estimate of drug-likeness (QED) is 0.295. The lowest BCUT2D eigenvalue weighted by Crippen LogP contribution is -2.52. The van der Waals surface area contributed by atoms with Gasteiger partial charge in [0.2, 0.25) is 10.0 Å². The van der Waals surface area contributed by atoms with Crippen molar-refractivity contribution in [2.75, 3.05) is 38.8 Å². The monoisotopic (exact) mass is 754 g/mol.